The van der Waals surface area contributed by atoms with Gasteiger partial charge in [-0.15, -0.1) is 13.2 Å². The maximum atomic E-state index is 12.6. The van der Waals surface area contributed by atoms with Crippen LogP contribution in [0.2, 0.25) is 0 Å². The van der Waals surface area contributed by atoms with E-state index in [9.17, 15) is 23.4 Å². The average Bonchev–Trinajstić information content (AvgIpc) is 3.32. The molecule has 4 nitrogen and oxygen atoms in total. The summed E-state index contributed by atoms with van der Waals surface area (Å²) >= 11 is 0. The lowest BCUT2D eigenvalue weighted by molar-refractivity contribution is -0.340. The van der Waals surface area contributed by atoms with E-state index in [4.69, 9.17) is 0 Å². The molecule has 4 rings (SSSR count). The molecule has 7 atom stereocenters. The Hall–Kier alpha value is -1.15. The number of hydrogen-bond acceptors (Lipinski definition) is 4. The first-order valence-corrected chi connectivity index (χ1v) is 12.9. The largest absolute Gasteiger partial charge is 0.522 e. The third kappa shape index (κ3) is 5.63. The van der Waals surface area contributed by atoms with Crippen molar-refractivity contribution in [2.45, 2.75) is 89.9 Å². The molecule has 2 N–H and O–H groups in total. The zero-order valence-corrected chi connectivity index (χ0v) is 20.5. The van der Waals surface area contributed by atoms with Crippen molar-refractivity contribution in [3.63, 3.8) is 0 Å². The van der Waals surface area contributed by atoms with Crippen LogP contribution in [0.4, 0.5) is 13.2 Å². The molecule has 0 aromatic carbocycles. The predicted octanol–water partition coefficient (Wildman–Crippen LogP) is 5.37. The monoisotopic (exact) mass is 483 g/mol. The van der Waals surface area contributed by atoms with Crippen molar-refractivity contribution >= 4 is 0 Å². The Balaban J connectivity index is 1.39. The fourth-order valence-electron chi connectivity index (χ4n) is 7.42. The van der Waals surface area contributed by atoms with Crippen molar-refractivity contribution in [2.24, 2.45) is 23.2 Å². The van der Waals surface area contributed by atoms with Crippen LogP contribution in [-0.2, 0) is 4.74 Å². The van der Waals surface area contributed by atoms with Crippen LogP contribution in [-0.4, -0.2) is 59.4 Å². The molecule has 0 aromatic rings. The highest BCUT2D eigenvalue weighted by molar-refractivity contribution is 5.29. The second kappa shape index (κ2) is 10.1. The number of aliphatic hydroxyl groups is 2. The summed E-state index contributed by atoms with van der Waals surface area (Å²) < 4.78 is 42.0. The Kier molecular flexibility index (Phi) is 7.68. The minimum absolute atomic E-state index is 0.212. The van der Waals surface area contributed by atoms with E-state index in [1.165, 1.54) is 12.0 Å². The van der Waals surface area contributed by atoms with Crippen LogP contribution in [0.1, 0.15) is 65.2 Å². The van der Waals surface area contributed by atoms with Crippen LogP contribution < -0.4 is 0 Å². The van der Waals surface area contributed by atoms with Crippen molar-refractivity contribution in [2.75, 3.05) is 19.6 Å². The molecule has 0 spiro atoms. The average molecular weight is 484 g/mol. The van der Waals surface area contributed by atoms with Gasteiger partial charge in [0.05, 0.1) is 18.3 Å². The Labute approximate surface area is 201 Å². The minimum Gasteiger partial charge on any atom is -0.388 e. The van der Waals surface area contributed by atoms with Gasteiger partial charge >= 0.3 is 6.36 Å². The van der Waals surface area contributed by atoms with Gasteiger partial charge in [-0.3, -0.25) is 4.74 Å². The summed E-state index contributed by atoms with van der Waals surface area (Å²) in [5.41, 5.74) is 3.27. The number of hydrogen-bond donors (Lipinski definition) is 2. The zero-order valence-electron chi connectivity index (χ0n) is 20.5. The molecule has 0 bridgehead atoms. The number of halogens is 3. The summed E-state index contributed by atoms with van der Waals surface area (Å²) in [6.07, 6.45) is 4.97. The smallest absolute Gasteiger partial charge is 0.388 e. The molecule has 0 amide bonds. The summed E-state index contributed by atoms with van der Waals surface area (Å²) in [6.45, 7) is 10.3. The highest BCUT2D eigenvalue weighted by atomic mass is 19.4. The maximum absolute atomic E-state index is 12.6. The van der Waals surface area contributed by atoms with Gasteiger partial charge in [-0.05, 0) is 80.1 Å². The Morgan fingerprint density at radius 3 is 2.56 bits per heavy atom. The Morgan fingerprint density at radius 1 is 1.18 bits per heavy atom. The normalized spacial score (nSPS) is 40.8. The minimum atomic E-state index is -4.56. The number of likely N-dealkylation sites (tertiary alicyclic amines) is 1. The highest BCUT2D eigenvalue weighted by Crippen LogP contribution is 2.59. The van der Waals surface area contributed by atoms with E-state index < -0.39 is 24.7 Å². The van der Waals surface area contributed by atoms with Crippen LogP contribution in [0.15, 0.2) is 35.5 Å². The van der Waals surface area contributed by atoms with Gasteiger partial charge in [0, 0.05) is 19.6 Å². The first-order valence-electron chi connectivity index (χ1n) is 12.9. The van der Waals surface area contributed by atoms with Crippen LogP contribution in [0.3, 0.4) is 0 Å². The first-order chi connectivity index (χ1) is 16.0. The maximum Gasteiger partial charge on any atom is 0.522 e. The van der Waals surface area contributed by atoms with Gasteiger partial charge in [-0.1, -0.05) is 43.7 Å². The van der Waals surface area contributed by atoms with E-state index >= 15 is 0 Å². The molecule has 192 valence electrons. The number of ether oxygens (including phenoxy) is 1. The first kappa shape index (κ1) is 25.9. The van der Waals surface area contributed by atoms with Gasteiger partial charge in [0.1, 0.15) is 0 Å². The third-order valence-electron chi connectivity index (χ3n) is 9.10. The third-order valence-corrected chi connectivity index (χ3v) is 9.10. The van der Waals surface area contributed by atoms with Crippen LogP contribution >= 0.6 is 0 Å². The van der Waals surface area contributed by atoms with Crippen LogP contribution in [0.5, 0.6) is 0 Å². The van der Waals surface area contributed by atoms with Gasteiger partial charge in [-0.25, -0.2) is 0 Å². The Morgan fingerprint density at radius 2 is 1.88 bits per heavy atom. The summed E-state index contributed by atoms with van der Waals surface area (Å²) in [5, 5.41) is 20.3. The fourth-order valence-corrected chi connectivity index (χ4v) is 7.42. The molecule has 1 aliphatic heterocycles. The lowest BCUT2D eigenvalue weighted by Crippen LogP contribution is -2.39. The molecule has 34 heavy (non-hydrogen) atoms. The van der Waals surface area contributed by atoms with Gasteiger partial charge < -0.3 is 15.1 Å². The molecule has 1 saturated heterocycles. The van der Waals surface area contributed by atoms with Crippen molar-refractivity contribution in [3.05, 3.63) is 35.5 Å². The molecule has 3 aliphatic carbocycles. The van der Waals surface area contributed by atoms with E-state index in [1.54, 1.807) is 0 Å². The van der Waals surface area contributed by atoms with Gasteiger partial charge in [0.25, 0.3) is 0 Å². The van der Waals surface area contributed by atoms with Gasteiger partial charge in [-0.2, -0.15) is 0 Å². The quantitative estimate of drug-likeness (QED) is 0.516. The molecule has 0 unspecified atom stereocenters. The summed E-state index contributed by atoms with van der Waals surface area (Å²) in [5.74, 6) is 1.50. The number of allylic oxidation sites excluding steroid dienone is 3. The Bertz CT molecular complexity index is 806. The van der Waals surface area contributed by atoms with Crippen LogP contribution in [0.25, 0.3) is 0 Å². The molecule has 1 heterocycles. The molecule has 0 aromatic heterocycles. The highest BCUT2D eigenvalue weighted by Gasteiger charge is 2.51. The van der Waals surface area contributed by atoms with E-state index in [0.29, 0.717) is 55.7 Å². The van der Waals surface area contributed by atoms with Crippen molar-refractivity contribution in [1.82, 2.24) is 4.90 Å². The zero-order chi connectivity index (χ0) is 24.7. The molecule has 7 heteroatoms. The van der Waals surface area contributed by atoms with Crippen molar-refractivity contribution in [1.29, 1.82) is 0 Å². The van der Waals surface area contributed by atoms with Crippen molar-refractivity contribution < 1.29 is 28.1 Å². The summed E-state index contributed by atoms with van der Waals surface area (Å²) in [7, 11) is 0. The summed E-state index contributed by atoms with van der Waals surface area (Å²) in [4.78, 5) is 2.15. The standard InChI is InChI=1S/C27H40F3NO3/c1-17(15-31-12-10-21(16-31)34-27(28,29)30)22-8-9-23-20(5-4-11-26(22,23)3)7-6-19-13-24(32)18(2)25(33)14-19/h6-7,17,21-25,32-33H,2,4-5,8-16H2,1,3H3/b19-6-,20-7+/t17-,21+,22-,23+,24+,25-,26-/m1/s1. The van der Waals surface area contributed by atoms with Crippen molar-refractivity contribution in [3.8, 4) is 0 Å². The van der Waals surface area contributed by atoms with Gasteiger partial charge in [0.15, 0.2) is 0 Å². The van der Waals surface area contributed by atoms with E-state index in [1.807, 2.05) is 0 Å². The molecular weight excluding hydrogens is 443 g/mol. The van der Waals surface area contributed by atoms with E-state index in [-0.39, 0.29) is 5.41 Å². The number of nitrogens with zero attached hydrogens (tertiary/aromatic N) is 1. The molecule has 4 fully saturated rings. The lowest BCUT2D eigenvalue weighted by Gasteiger charge is -2.45. The topological polar surface area (TPSA) is 52.9 Å². The molecule has 0 radical (unpaired) electrons. The molecule has 4 aliphatic rings. The number of rotatable bonds is 5. The molecule has 3 saturated carbocycles. The predicted molar refractivity (Wildman–Crippen MR) is 126 cm³/mol. The second-order valence-electron chi connectivity index (χ2n) is 11.4. The van der Waals surface area contributed by atoms with Crippen LogP contribution in [0, 0.1) is 23.2 Å². The molecular formula is C27H40F3NO3. The lowest BCUT2D eigenvalue weighted by atomic mass is 9.61. The fraction of sp³-hybridized carbons (Fsp3) is 0.778. The van der Waals surface area contributed by atoms with E-state index in [2.05, 4.69) is 42.2 Å². The number of alkyl halides is 3. The summed E-state index contributed by atoms with van der Waals surface area (Å²) in [6, 6.07) is 0. The SMILES string of the molecule is C=C1[C@H](O)C/C(=C\C=C2/CCC[C@]3(C)[C@@H]([C@H](C)CN4CC[C@H](OC(F)(F)F)C4)CC[C@@H]23)C[C@@H]1O. The second-order valence-corrected chi connectivity index (χ2v) is 11.4. The van der Waals surface area contributed by atoms with Gasteiger partial charge in [0.2, 0.25) is 0 Å². The number of aliphatic hydroxyl groups excluding tert-OH is 2. The van der Waals surface area contributed by atoms with E-state index in [0.717, 1.165) is 37.8 Å². The number of fused-ring (bicyclic) bond motifs is 1.